The van der Waals surface area contributed by atoms with Crippen molar-refractivity contribution in [3.05, 3.63) is 95.7 Å². The molecule has 1 aliphatic heterocycles. The Labute approximate surface area is 231 Å². The number of ether oxygens (including phenoxy) is 1. The second kappa shape index (κ2) is 11.0. The van der Waals surface area contributed by atoms with E-state index >= 15 is 0 Å². The predicted octanol–water partition coefficient (Wildman–Crippen LogP) is 6.70. The lowest BCUT2D eigenvalue weighted by atomic mass is 10.1. The van der Waals surface area contributed by atoms with Gasteiger partial charge in [0.05, 0.1) is 10.5 Å². The van der Waals surface area contributed by atoms with Crippen LogP contribution in [0.1, 0.15) is 5.69 Å². The molecule has 1 aliphatic rings. The Hall–Kier alpha value is -3.98. The van der Waals surface area contributed by atoms with E-state index < -0.39 is 5.82 Å². The summed E-state index contributed by atoms with van der Waals surface area (Å²) in [6.45, 7) is 5.26. The van der Waals surface area contributed by atoms with Crippen molar-refractivity contribution >= 4 is 34.0 Å². The molecule has 2 aromatic heterocycles. The minimum Gasteiger partial charge on any atom is -0.453 e. The minimum atomic E-state index is -0.451. The zero-order valence-electron chi connectivity index (χ0n) is 21.5. The third kappa shape index (κ3) is 5.73. The van der Waals surface area contributed by atoms with Crippen molar-refractivity contribution in [2.24, 2.45) is 0 Å². The van der Waals surface area contributed by atoms with Gasteiger partial charge in [-0.2, -0.15) is 0 Å². The van der Waals surface area contributed by atoms with Gasteiger partial charge in [-0.15, -0.1) is 0 Å². The van der Waals surface area contributed by atoms with Crippen molar-refractivity contribution in [3.8, 4) is 22.8 Å². The maximum Gasteiger partial charge on any atom is 0.165 e. The van der Waals surface area contributed by atoms with Crippen LogP contribution in [0.2, 0.25) is 5.02 Å². The molecule has 0 atom stereocenters. The molecule has 6 rings (SSSR count). The normalized spacial score (nSPS) is 14.5. The van der Waals surface area contributed by atoms with Crippen molar-refractivity contribution < 1.29 is 9.13 Å². The lowest BCUT2D eigenvalue weighted by Gasteiger charge is -2.31. The van der Waals surface area contributed by atoms with Crippen LogP contribution in [-0.2, 0) is 6.54 Å². The lowest BCUT2D eigenvalue weighted by molar-refractivity contribution is 0.147. The van der Waals surface area contributed by atoms with Crippen LogP contribution in [-0.4, -0.2) is 58.0 Å². The first kappa shape index (κ1) is 25.3. The number of likely N-dealkylation sites (N-methyl/N-ethyl adjacent to an activating group) is 1. The molecule has 0 amide bonds. The zero-order valence-corrected chi connectivity index (χ0v) is 22.3. The Bertz CT molecular complexity index is 1610. The Morgan fingerprint density at radius 3 is 2.62 bits per heavy atom. The average molecular weight is 543 g/mol. The number of para-hydroxylation sites is 1. The number of hydrogen-bond donors (Lipinski definition) is 2. The fourth-order valence-corrected chi connectivity index (χ4v) is 4.93. The summed E-state index contributed by atoms with van der Waals surface area (Å²) in [7, 11) is 2.17. The molecule has 1 saturated heterocycles. The van der Waals surface area contributed by atoms with Crippen LogP contribution >= 0.6 is 11.6 Å². The van der Waals surface area contributed by atoms with E-state index in [-0.39, 0.29) is 5.75 Å². The Morgan fingerprint density at radius 2 is 1.79 bits per heavy atom. The van der Waals surface area contributed by atoms with Gasteiger partial charge < -0.3 is 19.9 Å². The molecule has 1 fully saturated rings. The van der Waals surface area contributed by atoms with Crippen LogP contribution < -0.4 is 10.1 Å². The summed E-state index contributed by atoms with van der Waals surface area (Å²) >= 11 is 6.47. The standard InChI is InChI=1S/C30H28ClFN6O/c1-37-12-14-38(15-13-37)18-22-7-10-26(35-22)20-6-9-27-23(16-20)30(34-19-33-27)36-21-8-11-28(24(31)17-21)39-29-5-3-2-4-25(29)32/h2-11,16-17,19,35H,12-15,18H2,1H3,(H,33,34,36). The van der Waals surface area contributed by atoms with Crippen molar-refractivity contribution in [1.29, 1.82) is 0 Å². The van der Waals surface area contributed by atoms with E-state index in [1.54, 1.807) is 30.3 Å². The molecule has 3 heterocycles. The van der Waals surface area contributed by atoms with Crippen LogP contribution in [0.5, 0.6) is 11.5 Å². The molecule has 7 nitrogen and oxygen atoms in total. The molecule has 0 spiro atoms. The largest absolute Gasteiger partial charge is 0.453 e. The van der Waals surface area contributed by atoms with E-state index in [1.807, 2.05) is 12.1 Å². The first-order valence-corrected chi connectivity index (χ1v) is 13.2. The van der Waals surface area contributed by atoms with Gasteiger partial charge in [0.1, 0.15) is 17.9 Å². The molecule has 2 N–H and O–H groups in total. The molecular formula is C30H28ClFN6O. The highest BCUT2D eigenvalue weighted by Crippen LogP contribution is 2.34. The van der Waals surface area contributed by atoms with Crippen LogP contribution in [0.4, 0.5) is 15.9 Å². The van der Waals surface area contributed by atoms with Gasteiger partial charge in [-0.1, -0.05) is 29.8 Å². The second-order valence-corrected chi connectivity index (χ2v) is 10.1. The number of nitrogens with zero attached hydrogens (tertiary/aromatic N) is 4. The maximum absolute atomic E-state index is 14.0. The van der Waals surface area contributed by atoms with Gasteiger partial charge in [-0.3, -0.25) is 4.90 Å². The summed E-state index contributed by atoms with van der Waals surface area (Å²) in [6.07, 6.45) is 1.53. The van der Waals surface area contributed by atoms with E-state index in [9.17, 15) is 4.39 Å². The number of halogens is 2. The molecule has 9 heteroatoms. The lowest BCUT2D eigenvalue weighted by Crippen LogP contribution is -2.43. The second-order valence-electron chi connectivity index (χ2n) is 9.73. The van der Waals surface area contributed by atoms with Crippen molar-refractivity contribution in [2.75, 3.05) is 38.5 Å². The SMILES string of the molecule is CN1CCN(Cc2ccc(-c3ccc4ncnc(Nc5ccc(Oc6ccccc6F)c(Cl)c5)c4c3)[nH]2)CC1. The first-order chi connectivity index (χ1) is 19.0. The van der Waals surface area contributed by atoms with E-state index in [0.29, 0.717) is 16.6 Å². The number of rotatable bonds is 7. The zero-order chi connectivity index (χ0) is 26.8. The fraction of sp³-hybridized carbons (Fsp3) is 0.200. The van der Waals surface area contributed by atoms with Crippen LogP contribution in [0.15, 0.2) is 79.1 Å². The molecule has 0 saturated carbocycles. The summed E-state index contributed by atoms with van der Waals surface area (Å²) in [4.78, 5) is 17.4. The van der Waals surface area contributed by atoms with E-state index in [4.69, 9.17) is 16.3 Å². The van der Waals surface area contributed by atoms with E-state index in [0.717, 1.165) is 60.6 Å². The Kier molecular flexibility index (Phi) is 7.15. The Morgan fingerprint density at radius 1 is 0.949 bits per heavy atom. The number of H-pyrrole nitrogens is 1. The highest BCUT2D eigenvalue weighted by atomic mass is 35.5. The van der Waals surface area contributed by atoms with Crippen LogP contribution in [0, 0.1) is 5.82 Å². The van der Waals surface area contributed by atoms with Gasteiger partial charge in [0.2, 0.25) is 0 Å². The van der Waals surface area contributed by atoms with E-state index in [1.165, 1.54) is 18.1 Å². The fourth-order valence-electron chi connectivity index (χ4n) is 4.72. The summed E-state index contributed by atoms with van der Waals surface area (Å²) in [5, 5.41) is 4.58. The van der Waals surface area contributed by atoms with Gasteiger partial charge in [0, 0.05) is 55.2 Å². The molecule has 39 heavy (non-hydrogen) atoms. The summed E-state index contributed by atoms with van der Waals surface area (Å²) in [5.74, 6) is 0.684. The van der Waals surface area contributed by atoms with Gasteiger partial charge >= 0.3 is 0 Å². The highest BCUT2D eigenvalue weighted by molar-refractivity contribution is 6.32. The quantitative estimate of drug-likeness (QED) is 0.238. The van der Waals surface area contributed by atoms with Crippen LogP contribution in [0.25, 0.3) is 22.2 Å². The van der Waals surface area contributed by atoms with Crippen molar-refractivity contribution in [3.63, 3.8) is 0 Å². The smallest absolute Gasteiger partial charge is 0.165 e. The molecular weight excluding hydrogens is 515 g/mol. The van der Waals surface area contributed by atoms with E-state index in [2.05, 4.69) is 61.4 Å². The number of hydrogen-bond acceptors (Lipinski definition) is 6. The number of benzene rings is 3. The summed E-state index contributed by atoms with van der Waals surface area (Å²) in [5.41, 5.74) is 4.85. The number of aromatic amines is 1. The monoisotopic (exact) mass is 542 g/mol. The summed E-state index contributed by atoms with van der Waals surface area (Å²) in [6, 6.07) is 21.9. The number of fused-ring (bicyclic) bond motifs is 1. The maximum atomic E-state index is 14.0. The van der Waals surface area contributed by atoms with Crippen molar-refractivity contribution in [1.82, 2.24) is 24.8 Å². The third-order valence-corrected chi connectivity index (χ3v) is 7.23. The molecule has 0 bridgehead atoms. The topological polar surface area (TPSA) is 69.3 Å². The highest BCUT2D eigenvalue weighted by Gasteiger charge is 2.15. The van der Waals surface area contributed by atoms with Gasteiger partial charge in [0.25, 0.3) is 0 Å². The van der Waals surface area contributed by atoms with Crippen molar-refractivity contribution in [2.45, 2.75) is 6.54 Å². The number of aromatic nitrogens is 3. The molecule has 5 aromatic rings. The third-order valence-electron chi connectivity index (χ3n) is 6.93. The predicted molar refractivity (Wildman–Crippen MR) is 153 cm³/mol. The molecule has 0 radical (unpaired) electrons. The molecule has 3 aromatic carbocycles. The number of anilines is 2. The molecule has 0 unspecified atom stereocenters. The summed E-state index contributed by atoms with van der Waals surface area (Å²) < 4.78 is 19.7. The number of nitrogens with one attached hydrogen (secondary N) is 2. The van der Waals surface area contributed by atoms with Gasteiger partial charge in [-0.25, -0.2) is 14.4 Å². The van der Waals surface area contributed by atoms with Gasteiger partial charge in [-0.05, 0) is 67.2 Å². The molecule has 198 valence electrons. The molecule has 0 aliphatic carbocycles. The Balaban J connectivity index is 1.21. The van der Waals surface area contributed by atoms with Gasteiger partial charge in [0.15, 0.2) is 11.6 Å². The minimum absolute atomic E-state index is 0.116. The number of piperazine rings is 1. The first-order valence-electron chi connectivity index (χ1n) is 12.8. The average Bonchev–Trinajstić information content (AvgIpc) is 3.41. The van der Waals surface area contributed by atoms with Crippen LogP contribution in [0.3, 0.4) is 0 Å².